The van der Waals surface area contributed by atoms with E-state index in [1.54, 1.807) is 50.5 Å². The number of hydrogen-bond acceptors (Lipinski definition) is 2. The van der Waals surface area contributed by atoms with Crippen LogP contribution in [0.15, 0.2) is 48.8 Å². The minimum atomic E-state index is -0.494. The summed E-state index contributed by atoms with van der Waals surface area (Å²) in [5, 5.41) is 0. The summed E-state index contributed by atoms with van der Waals surface area (Å²) in [6.07, 6.45) is 3.41. The average molecular weight is 309 g/mol. The van der Waals surface area contributed by atoms with E-state index in [2.05, 4.69) is 4.98 Å². The standard InChI is InChI=1S/C18H16FN3O/c1-11-6-7-15(12(2)16(11)19)18-21-8-9-22(18)14-5-3-4-13(10-14)17(20)23/h3-10H,1-2H3,(H2,20,23). The van der Waals surface area contributed by atoms with Crippen molar-refractivity contribution in [3.63, 3.8) is 0 Å². The van der Waals surface area contributed by atoms with Crippen LogP contribution in [0.25, 0.3) is 17.1 Å². The van der Waals surface area contributed by atoms with Gasteiger partial charge in [-0.05, 0) is 43.2 Å². The highest BCUT2D eigenvalue weighted by molar-refractivity contribution is 5.93. The van der Waals surface area contributed by atoms with Crippen molar-refractivity contribution in [2.45, 2.75) is 13.8 Å². The Balaban J connectivity index is 2.16. The van der Waals surface area contributed by atoms with Crippen LogP contribution in [0.3, 0.4) is 0 Å². The Morgan fingerprint density at radius 2 is 2.00 bits per heavy atom. The van der Waals surface area contributed by atoms with Crippen molar-refractivity contribution < 1.29 is 9.18 Å². The summed E-state index contributed by atoms with van der Waals surface area (Å²) in [6.45, 7) is 3.46. The first-order chi connectivity index (χ1) is 11.0. The van der Waals surface area contributed by atoms with Gasteiger partial charge < -0.3 is 5.73 Å². The number of amides is 1. The van der Waals surface area contributed by atoms with E-state index >= 15 is 0 Å². The normalized spacial score (nSPS) is 10.7. The summed E-state index contributed by atoms with van der Waals surface area (Å²) in [6, 6.07) is 10.5. The van der Waals surface area contributed by atoms with Gasteiger partial charge in [0.05, 0.1) is 0 Å². The van der Waals surface area contributed by atoms with E-state index in [1.807, 2.05) is 16.7 Å². The van der Waals surface area contributed by atoms with Crippen LogP contribution >= 0.6 is 0 Å². The Kier molecular flexibility index (Phi) is 3.70. The van der Waals surface area contributed by atoms with E-state index in [1.165, 1.54) is 0 Å². The Bertz CT molecular complexity index is 899. The number of carbonyl (C=O) groups excluding carboxylic acids is 1. The molecule has 1 amide bonds. The van der Waals surface area contributed by atoms with Crippen molar-refractivity contribution in [3.05, 3.63) is 71.3 Å². The number of benzene rings is 2. The van der Waals surface area contributed by atoms with Crippen molar-refractivity contribution in [2.24, 2.45) is 5.73 Å². The van der Waals surface area contributed by atoms with Crippen LogP contribution in [0.2, 0.25) is 0 Å². The fourth-order valence-electron chi connectivity index (χ4n) is 2.58. The molecule has 0 atom stereocenters. The van der Waals surface area contributed by atoms with Crippen molar-refractivity contribution >= 4 is 5.91 Å². The van der Waals surface area contributed by atoms with Gasteiger partial charge in [0, 0.05) is 29.2 Å². The number of imidazole rings is 1. The summed E-state index contributed by atoms with van der Waals surface area (Å²) >= 11 is 0. The number of carbonyl (C=O) groups is 1. The zero-order valence-electron chi connectivity index (χ0n) is 12.9. The Morgan fingerprint density at radius 3 is 2.74 bits per heavy atom. The highest BCUT2D eigenvalue weighted by Crippen LogP contribution is 2.27. The second-order valence-corrected chi connectivity index (χ2v) is 5.40. The molecule has 116 valence electrons. The lowest BCUT2D eigenvalue weighted by molar-refractivity contribution is 0.100. The largest absolute Gasteiger partial charge is 0.366 e. The second kappa shape index (κ2) is 5.68. The summed E-state index contributed by atoms with van der Waals surface area (Å²) < 4.78 is 16.0. The lowest BCUT2D eigenvalue weighted by Gasteiger charge is -2.12. The number of halogens is 1. The number of aryl methyl sites for hydroxylation is 1. The molecule has 0 aliphatic heterocycles. The van der Waals surface area contributed by atoms with Crippen LogP contribution in [0.4, 0.5) is 4.39 Å². The minimum absolute atomic E-state index is 0.233. The maximum atomic E-state index is 14.2. The Hall–Kier alpha value is -2.95. The van der Waals surface area contributed by atoms with E-state index < -0.39 is 5.91 Å². The zero-order chi connectivity index (χ0) is 16.6. The first-order valence-electron chi connectivity index (χ1n) is 7.18. The topological polar surface area (TPSA) is 60.9 Å². The summed E-state index contributed by atoms with van der Waals surface area (Å²) in [5.74, 6) is -0.114. The molecule has 3 aromatic rings. The average Bonchev–Trinajstić information content (AvgIpc) is 3.02. The number of nitrogens with zero attached hydrogens (tertiary/aromatic N) is 2. The van der Waals surface area contributed by atoms with Crippen molar-refractivity contribution in [1.82, 2.24) is 9.55 Å². The van der Waals surface area contributed by atoms with Gasteiger partial charge in [0.2, 0.25) is 5.91 Å². The van der Waals surface area contributed by atoms with E-state index in [0.717, 1.165) is 5.69 Å². The third-order valence-corrected chi connectivity index (χ3v) is 3.87. The quantitative estimate of drug-likeness (QED) is 0.806. The second-order valence-electron chi connectivity index (χ2n) is 5.40. The fourth-order valence-corrected chi connectivity index (χ4v) is 2.58. The van der Waals surface area contributed by atoms with Crippen LogP contribution in [-0.2, 0) is 0 Å². The molecule has 0 saturated carbocycles. The summed E-state index contributed by atoms with van der Waals surface area (Å²) in [5.41, 5.74) is 8.34. The monoisotopic (exact) mass is 309 g/mol. The highest BCUT2D eigenvalue weighted by atomic mass is 19.1. The number of primary amides is 1. The van der Waals surface area contributed by atoms with Gasteiger partial charge >= 0.3 is 0 Å². The van der Waals surface area contributed by atoms with Crippen molar-refractivity contribution in [2.75, 3.05) is 0 Å². The molecule has 3 rings (SSSR count). The maximum absolute atomic E-state index is 14.2. The number of nitrogens with two attached hydrogens (primary N) is 1. The van der Waals surface area contributed by atoms with Gasteiger partial charge in [-0.15, -0.1) is 0 Å². The highest BCUT2D eigenvalue weighted by Gasteiger charge is 2.14. The van der Waals surface area contributed by atoms with E-state index in [0.29, 0.717) is 28.1 Å². The molecule has 23 heavy (non-hydrogen) atoms. The number of rotatable bonds is 3. The van der Waals surface area contributed by atoms with Crippen LogP contribution < -0.4 is 5.73 Å². The number of aromatic nitrogens is 2. The van der Waals surface area contributed by atoms with Gasteiger partial charge in [0.1, 0.15) is 11.6 Å². The van der Waals surface area contributed by atoms with E-state index in [9.17, 15) is 9.18 Å². The van der Waals surface area contributed by atoms with Gasteiger partial charge in [0.15, 0.2) is 0 Å². The molecule has 2 N–H and O–H groups in total. The Labute approximate surface area is 133 Å². The van der Waals surface area contributed by atoms with Gasteiger partial charge in [-0.3, -0.25) is 9.36 Å². The molecule has 0 fully saturated rings. The first-order valence-corrected chi connectivity index (χ1v) is 7.18. The van der Waals surface area contributed by atoms with Crippen molar-refractivity contribution in [3.8, 4) is 17.1 Å². The SMILES string of the molecule is Cc1ccc(-c2nccn2-c2cccc(C(N)=O)c2)c(C)c1F. The van der Waals surface area contributed by atoms with Crippen LogP contribution in [0.1, 0.15) is 21.5 Å². The smallest absolute Gasteiger partial charge is 0.248 e. The molecule has 0 aliphatic carbocycles. The third kappa shape index (κ3) is 2.61. The Morgan fingerprint density at radius 1 is 1.22 bits per heavy atom. The van der Waals surface area contributed by atoms with E-state index in [4.69, 9.17) is 5.73 Å². The van der Waals surface area contributed by atoms with Crippen LogP contribution in [0.5, 0.6) is 0 Å². The molecular weight excluding hydrogens is 293 g/mol. The lowest BCUT2D eigenvalue weighted by Crippen LogP contribution is -2.11. The van der Waals surface area contributed by atoms with Gasteiger partial charge in [-0.25, -0.2) is 9.37 Å². The van der Waals surface area contributed by atoms with Crippen molar-refractivity contribution in [1.29, 1.82) is 0 Å². The molecule has 0 unspecified atom stereocenters. The molecular formula is C18H16FN3O. The van der Waals surface area contributed by atoms with Gasteiger partial charge in [-0.2, -0.15) is 0 Å². The van der Waals surface area contributed by atoms with Crippen LogP contribution in [0, 0.1) is 19.7 Å². The molecule has 0 bridgehead atoms. The fraction of sp³-hybridized carbons (Fsp3) is 0.111. The molecule has 2 aromatic carbocycles. The molecule has 0 radical (unpaired) electrons. The van der Waals surface area contributed by atoms with E-state index in [-0.39, 0.29) is 5.82 Å². The number of hydrogen-bond donors (Lipinski definition) is 1. The zero-order valence-corrected chi connectivity index (χ0v) is 12.9. The third-order valence-electron chi connectivity index (χ3n) is 3.87. The van der Waals surface area contributed by atoms with Gasteiger partial charge in [0.25, 0.3) is 0 Å². The molecule has 1 aromatic heterocycles. The molecule has 0 spiro atoms. The maximum Gasteiger partial charge on any atom is 0.248 e. The minimum Gasteiger partial charge on any atom is -0.366 e. The predicted octanol–water partition coefficient (Wildman–Crippen LogP) is 3.39. The molecule has 1 heterocycles. The predicted molar refractivity (Wildman–Crippen MR) is 86.9 cm³/mol. The van der Waals surface area contributed by atoms with Gasteiger partial charge in [-0.1, -0.05) is 18.2 Å². The molecule has 0 aliphatic rings. The molecule has 4 nitrogen and oxygen atoms in total. The lowest BCUT2D eigenvalue weighted by atomic mass is 10.0. The summed E-state index contributed by atoms with van der Waals surface area (Å²) in [4.78, 5) is 15.7. The summed E-state index contributed by atoms with van der Waals surface area (Å²) in [7, 11) is 0. The first kappa shape index (κ1) is 15.0. The van der Waals surface area contributed by atoms with Crippen LogP contribution in [-0.4, -0.2) is 15.5 Å². The molecule has 5 heteroatoms. The molecule has 0 saturated heterocycles.